The van der Waals surface area contributed by atoms with Gasteiger partial charge in [0, 0.05) is 36.5 Å². The highest BCUT2D eigenvalue weighted by molar-refractivity contribution is 5.98. The first-order chi connectivity index (χ1) is 28.7. The Morgan fingerprint density at radius 1 is 0.767 bits per heavy atom. The van der Waals surface area contributed by atoms with Gasteiger partial charge in [-0.15, -0.1) is 0 Å². The Kier molecular flexibility index (Phi) is 15.5. The van der Waals surface area contributed by atoms with Crippen LogP contribution in [-0.4, -0.2) is 99.2 Å². The van der Waals surface area contributed by atoms with E-state index in [0.717, 1.165) is 16.5 Å². The van der Waals surface area contributed by atoms with Gasteiger partial charge < -0.3 is 47.7 Å². The molecule has 16 nitrogen and oxygen atoms in total. The van der Waals surface area contributed by atoms with Gasteiger partial charge in [0.05, 0.1) is 12.5 Å². The van der Waals surface area contributed by atoms with E-state index >= 15 is 0 Å². The number of aromatic nitrogens is 1. The number of hydrogen-bond donors (Lipinski definition) is 8. The summed E-state index contributed by atoms with van der Waals surface area (Å²) >= 11 is 0. The molecule has 0 spiro atoms. The molecule has 0 bridgehead atoms. The van der Waals surface area contributed by atoms with Gasteiger partial charge in [0.1, 0.15) is 30.2 Å². The minimum absolute atomic E-state index is 0.0108. The molecule has 16 heteroatoms. The van der Waals surface area contributed by atoms with E-state index in [4.69, 9.17) is 11.5 Å². The van der Waals surface area contributed by atoms with E-state index in [9.17, 15) is 38.7 Å². The Balaban J connectivity index is 1.31. The fourth-order valence-corrected chi connectivity index (χ4v) is 7.41. The number of carboxylic acid groups (broad SMARTS) is 1. The van der Waals surface area contributed by atoms with Gasteiger partial charge in [0.2, 0.25) is 35.4 Å². The molecule has 1 aliphatic heterocycles. The van der Waals surface area contributed by atoms with E-state index < -0.39 is 84.1 Å². The maximum Gasteiger partial charge on any atom is 0.326 e. The van der Waals surface area contributed by atoms with Crippen LogP contribution in [0.5, 0.6) is 0 Å². The molecule has 0 aliphatic carbocycles. The molecule has 318 valence electrons. The van der Waals surface area contributed by atoms with Crippen LogP contribution in [0.25, 0.3) is 10.9 Å². The number of carbonyl (C=O) groups excluding carboxylic acids is 6. The Hall–Kier alpha value is -6.55. The summed E-state index contributed by atoms with van der Waals surface area (Å²) in [7, 11) is 0. The van der Waals surface area contributed by atoms with Gasteiger partial charge in [0.15, 0.2) is 0 Å². The number of H-pyrrole nitrogens is 1. The van der Waals surface area contributed by atoms with Crippen LogP contribution in [0.2, 0.25) is 0 Å². The van der Waals surface area contributed by atoms with Crippen LogP contribution in [0.15, 0.2) is 91.1 Å². The van der Waals surface area contributed by atoms with Gasteiger partial charge >= 0.3 is 5.97 Å². The lowest BCUT2D eigenvalue weighted by atomic mass is 9.96. The number of benzene rings is 3. The first kappa shape index (κ1) is 44.6. The van der Waals surface area contributed by atoms with Gasteiger partial charge in [-0.25, -0.2) is 4.79 Å². The number of amides is 6. The van der Waals surface area contributed by atoms with E-state index in [-0.39, 0.29) is 38.1 Å². The Morgan fingerprint density at radius 3 is 1.98 bits per heavy atom. The van der Waals surface area contributed by atoms with Crippen molar-refractivity contribution in [2.24, 2.45) is 17.4 Å². The highest BCUT2D eigenvalue weighted by Gasteiger charge is 2.40. The second kappa shape index (κ2) is 20.9. The fraction of sp³-hybridized carbons (Fsp3) is 0.386. The Morgan fingerprint density at radius 2 is 1.37 bits per heavy atom. The molecule has 1 saturated heterocycles. The van der Waals surface area contributed by atoms with Crippen molar-refractivity contribution in [1.29, 1.82) is 0 Å². The molecule has 1 aromatic heterocycles. The topological polar surface area (TPSA) is 259 Å². The van der Waals surface area contributed by atoms with Crippen molar-refractivity contribution < 1.29 is 38.7 Å². The largest absolute Gasteiger partial charge is 0.480 e. The molecule has 2 heterocycles. The molecular weight excluding hydrogens is 769 g/mol. The quantitative estimate of drug-likeness (QED) is 0.0641. The zero-order chi connectivity index (χ0) is 43.3. The summed E-state index contributed by atoms with van der Waals surface area (Å²) in [6, 6.07) is 17.9. The summed E-state index contributed by atoms with van der Waals surface area (Å²) in [5.74, 6) is -6.04. The second-order valence-electron chi connectivity index (χ2n) is 15.3. The number of para-hydroxylation sites is 1. The van der Waals surface area contributed by atoms with Gasteiger partial charge in [-0.05, 0) is 47.9 Å². The van der Waals surface area contributed by atoms with Crippen LogP contribution < -0.4 is 32.7 Å². The number of nitrogens with two attached hydrogens (primary N) is 2. The van der Waals surface area contributed by atoms with Gasteiger partial charge in [-0.2, -0.15) is 0 Å². The lowest BCUT2D eigenvalue weighted by molar-refractivity contribution is -0.145. The summed E-state index contributed by atoms with van der Waals surface area (Å²) in [5.41, 5.74) is 15.0. The van der Waals surface area contributed by atoms with Crippen LogP contribution >= 0.6 is 0 Å². The Bertz CT molecular complexity index is 2140. The standard InChI is InChI=1S/C44H54N8O8/c1-3-26(2)38(51-39(54)31(45)23-29-25-47-32-18-11-10-17-30(29)32)42(57)48-33(21-27-13-6-4-7-14-27)40(55)49-34(24-37(46)53)43(58)52-20-12-19-36(52)41(56)50-35(44(59)60)22-28-15-8-5-9-16-28/h4-11,13-18,25-26,31,33-36,38,47H,3,12,19-24,45H2,1-2H3,(H2,46,53)(H,48,57)(H,49,55)(H,50,56)(H,51,54)(H,59,60)/t26-,31-,33-,34-,35-,36-,38-/m0/s1. The minimum Gasteiger partial charge on any atom is -0.480 e. The number of aromatic amines is 1. The van der Waals surface area contributed by atoms with Gasteiger partial charge in [-0.3, -0.25) is 28.8 Å². The third-order valence-electron chi connectivity index (χ3n) is 10.9. The number of primary amides is 1. The normalized spacial score (nSPS) is 16.7. The molecular formula is C44H54N8O8. The van der Waals surface area contributed by atoms with E-state index in [1.54, 1.807) is 73.8 Å². The summed E-state index contributed by atoms with van der Waals surface area (Å²) in [5, 5.41) is 21.5. The molecule has 4 aromatic rings. The lowest BCUT2D eigenvalue weighted by Gasteiger charge is -2.31. The fourth-order valence-electron chi connectivity index (χ4n) is 7.41. The smallest absolute Gasteiger partial charge is 0.326 e. The number of fused-ring (bicyclic) bond motifs is 1. The highest BCUT2D eigenvalue weighted by Crippen LogP contribution is 2.21. The first-order valence-electron chi connectivity index (χ1n) is 20.2. The average molecular weight is 823 g/mol. The van der Waals surface area contributed by atoms with E-state index in [1.165, 1.54) is 4.90 Å². The monoisotopic (exact) mass is 822 g/mol. The summed E-state index contributed by atoms with van der Waals surface area (Å²) in [6.07, 6.45) is 2.47. The number of hydrogen-bond acceptors (Lipinski definition) is 8. The third-order valence-corrected chi connectivity index (χ3v) is 10.9. The van der Waals surface area contributed by atoms with Crippen LogP contribution in [0, 0.1) is 5.92 Å². The van der Waals surface area contributed by atoms with Crippen LogP contribution in [0.1, 0.15) is 56.2 Å². The minimum atomic E-state index is -1.52. The molecule has 10 N–H and O–H groups in total. The van der Waals surface area contributed by atoms with E-state index in [2.05, 4.69) is 26.3 Å². The maximum atomic E-state index is 14.2. The van der Waals surface area contributed by atoms with E-state index in [0.29, 0.717) is 24.0 Å². The van der Waals surface area contributed by atoms with Crippen molar-refractivity contribution in [3.63, 3.8) is 0 Å². The number of carbonyl (C=O) groups is 7. The lowest BCUT2D eigenvalue weighted by Crippen LogP contribution is -2.60. The molecule has 1 aliphatic rings. The SMILES string of the molecule is CC[C@H](C)[C@H](NC(=O)[C@@H](N)Cc1c[nH]c2ccccc12)C(=O)N[C@@H](Cc1ccccc1)C(=O)N[C@@H](CC(N)=O)C(=O)N1CCC[C@H]1C(=O)N[C@@H](Cc1ccccc1)C(=O)O. The molecule has 3 aromatic carbocycles. The number of nitrogens with zero attached hydrogens (tertiary/aromatic N) is 1. The molecule has 60 heavy (non-hydrogen) atoms. The molecule has 7 atom stereocenters. The molecule has 6 amide bonds. The number of carboxylic acids is 1. The van der Waals surface area contributed by atoms with Crippen molar-refractivity contribution in [2.75, 3.05) is 6.54 Å². The number of rotatable bonds is 20. The zero-order valence-electron chi connectivity index (χ0n) is 33.8. The number of likely N-dealkylation sites (tertiary alicyclic amines) is 1. The molecule has 0 radical (unpaired) electrons. The predicted octanol–water partition coefficient (Wildman–Crippen LogP) is 1.46. The number of aliphatic carboxylic acids is 1. The van der Waals surface area contributed by atoms with Crippen LogP contribution in [0.4, 0.5) is 0 Å². The molecule has 0 saturated carbocycles. The summed E-state index contributed by atoms with van der Waals surface area (Å²) < 4.78 is 0. The summed E-state index contributed by atoms with van der Waals surface area (Å²) in [4.78, 5) is 98.2. The zero-order valence-corrected chi connectivity index (χ0v) is 33.8. The second-order valence-corrected chi connectivity index (χ2v) is 15.3. The molecule has 0 unspecified atom stereocenters. The maximum absolute atomic E-state index is 14.2. The predicted molar refractivity (Wildman–Crippen MR) is 224 cm³/mol. The highest BCUT2D eigenvalue weighted by atomic mass is 16.4. The molecule has 5 rings (SSSR count). The van der Waals surface area contributed by atoms with Crippen molar-refractivity contribution in [1.82, 2.24) is 31.2 Å². The van der Waals surface area contributed by atoms with Gasteiger partial charge in [0.25, 0.3) is 0 Å². The van der Waals surface area contributed by atoms with Crippen LogP contribution in [-0.2, 0) is 52.8 Å². The van der Waals surface area contributed by atoms with E-state index in [1.807, 2.05) is 31.2 Å². The third kappa shape index (κ3) is 11.8. The number of nitrogens with one attached hydrogen (secondary N) is 5. The first-order valence-corrected chi connectivity index (χ1v) is 20.2. The van der Waals surface area contributed by atoms with Crippen molar-refractivity contribution in [3.8, 4) is 0 Å². The van der Waals surface area contributed by atoms with Crippen molar-refractivity contribution >= 4 is 52.3 Å². The molecule has 1 fully saturated rings. The summed E-state index contributed by atoms with van der Waals surface area (Å²) in [6.45, 7) is 3.74. The van der Waals surface area contributed by atoms with Crippen LogP contribution in [0.3, 0.4) is 0 Å². The van der Waals surface area contributed by atoms with Crippen molar-refractivity contribution in [2.45, 2.75) is 95.0 Å². The Labute approximate surface area is 348 Å². The van der Waals surface area contributed by atoms with Gasteiger partial charge in [-0.1, -0.05) is 99.1 Å². The average Bonchev–Trinajstić information content (AvgIpc) is 3.90. The van der Waals surface area contributed by atoms with Crippen molar-refractivity contribution in [3.05, 3.63) is 108 Å².